The highest BCUT2D eigenvalue weighted by Gasteiger charge is 2.26. The van der Waals surface area contributed by atoms with Crippen molar-refractivity contribution in [2.24, 2.45) is 0 Å². The molecule has 4 heteroatoms. The average molecular weight is 397 g/mol. The molecule has 0 bridgehead atoms. The molecule has 1 rings (SSSR count). The fraction of sp³-hybridized carbons (Fsp3) is 0.739. The number of unbranched alkanes of at least 4 members (excludes halogenated alkanes) is 10. The zero-order chi connectivity index (χ0) is 19.8. The van der Waals surface area contributed by atoms with Crippen LogP contribution >= 0.6 is 7.60 Å². The van der Waals surface area contributed by atoms with E-state index < -0.39 is 7.60 Å². The molecular formula is C23H41O3P. The van der Waals surface area contributed by atoms with E-state index in [2.05, 4.69) is 13.8 Å². The predicted molar refractivity (Wildman–Crippen MR) is 117 cm³/mol. The molecule has 3 nitrogen and oxygen atoms in total. The van der Waals surface area contributed by atoms with Crippen LogP contribution in [-0.4, -0.2) is 12.8 Å². The van der Waals surface area contributed by atoms with Gasteiger partial charge in [-0.1, -0.05) is 96.3 Å². The van der Waals surface area contributed by atoms with Gasteiger partial charge in [-0.2, -0.15) is 0 Å². The maximum absolute atomic E-state index is 13.1. The summed E-state index contributed by atoms with van der Waals surface area (Å²) in [7, 11) is -3.06. The van der Waals surface area contributed by atoms with Gasteiger partial charge >= 0.3 is 7.60 Å². The second-order valence-electron chi connectivity index (χ2n) is 7.56. The first-order chi connectivity index (χ1) is 13.1. The number of benzene rings is 1. The van der Waals surface area contributed by atoms with Crippen molar-refractivity contribution < 1.29 is 13.6 Å². The Labute approximate surface area is 167 Å². The zero-order valence-corrected chi connectivity index (χ0v) is 18.8. The van der Waals surface area contributed by atoms with Gasteiger partial charge in [0.1, 0.15) is 5.75 Å². The summed E-state index contributed by atoms with van der Waals surface area (Å²) in [5.74, 6) is 0.681. The van der Waals surface area contributed by atoms with Crippen LogP contribution in [0.5, 0.6) is 5.75 Å². The average Bonchev–Trinajstić information content (AvgIpc) is 2.66. The molecule has 0 aliphatic heterocycles. The first-order valence-electron chi connectivity index (χ1n) is 11.1. The van der Waals surface area contributed by atoms with E-state index in [0.717, 1.165) is 31.2 Å². The summed E-state index contributed by atoms with van der Waals surface area (Å²) in [5, 5.41) is 0. The van der Waals surface area contributed by atoms with Crippen LogP contribution in [-0.2, 0) is 9.09 Å². The molecule has 1 atom stereocenters. The molecule has 0 fully saturated rings. The second kappa shape index (κ2) is 15.2. The summed E-state index contributed by atoms with van der Waals surface area (Å²) in [6.45, 7) is 6.86. The van der Waals surface area contributed by atoms with E-state index in [-0.39, 0.29) is 0 Å². The van der Waals surface area contributed by atoms with Crippen molar-refractivity contribution in [1.82, 2.24) is 0 Å². The minimum atomic E-state index is -3.06. The highest BCUT2D eigenvalue weighted by molar-refractivity contribution is 7.54. The Balaban J connectivity index is 2.24. The lowest BCUT2D eigenvalue weighted by Crippen LogP contribution is -2.05. The van der Waals surface area contributed by atoms with Crippen LogP contribution in [0, 0.1) is 6.92 Å². The molecule has 0 spiro atoms. The predicted octanol–water partition coefficient (Wildman–Crippen LogP) is 8.30. The van der Waals surface area contributed by atoms with Gasteiger partial charge in [-0.25, -0.2) is 4.57 Å². The molecule has 0 saturated heterocycles. The molecule has 0 saturated carbocycles. The van der Waals surface area contributed by atoms with E-state index in [4.69, 9.17) is 9.05 Å². The largest absolute Gasteiger partial charge is 0.424 e. The van der Waals surface area contributed by atoms with Gasteiger partial charge in [-0.05, 0) is 31.4 Å². The molecule has 0 N–H and O–H groups in total. The van der Waals surface area contributed by atoms with E-state index in [9.17, 15) is 4.57 Å². The normalized spacial score (nSPS) is 13.4. The first-order valence-corrected chi connectivity index (χ1v) is 12.8. The van der Waals surface area contributed by atoms with Crippen LogP contribution in [0.2, 0.25) is 0 Å². The van der Waals surface area contributed by atoms with Gasteiger partial charge in [0, 0.05) is 0 Å². The summed E-state index contributed by atoms with van der Waals surface area (Å²) in [6.07, 6.45) is 15.2. The van der Waals surface area contributed by atoms with Crippen molar-refractivity contribution in [2.45, 2.75) is 97.8 Å². The molecular weight excluding hydrogens is 355 g/mol. The van der Waals surface area contributed by atoms with Gasteiger partial charge < -0.3 is 4.52 Å². The Hall–Kier alpha value is -0.790. The third kappa shape index (κ3) is 11.6. The molecule has 0 aliphatic carbocycles. The van der Waals surface area contributed by atoms with E-state index in [1.165, 1.54) is 51.4 Å². The Kier molecular flexibility index (Phi) is 13.6. The summed E-state index contributed by atoms with van der Waals surface area (Å²) in [6, 6.07) is 7.72. The number of para-hydroxylation sites is 1. The van der Waals surface area contributed by atoms with E-state index in [0.29, 0.717) is 18.5 Å². The van der Waals surface area contributed by atoms with Crippen molar-refractivity contribution in [3.05, 3.63) is 29.8 Å². The summed E-state index contributed by atoms with van der Waals surface area (Å²) >= 11 is 0. The minimum absolute atomic E-state index is 0.496. The van der Waals surface area contributed by atoms with Gasteiger partial charge in [0.15, 0.2) is 0 Å². The highest BCUT2D eigenvalue weighted by atomic mass is 31.2. The van der Waals surface area contributed by atoms with Gasteiger partial charge in [-0.15, -0.1) is 0 Å². The van der Waals surface area contributed by atoms with Crippen molar-refractivity contribution >= 4 is 7.60 Å². The fourth-order valence-corrected chi connectivity index (χ4v) is 4.98. The first kappa shape index (κ1) is 24.2. The van der Waals surface area contributed by atoms with E-state index in [1.54, 1.807) is 0 Å². The topological polar surface area (TPSA) is 35.5 Å². The Morgan fingerprint density at radius 2 is 1.33 bits per heavy atom. The molecule has 0 aliphatic rings. The second-order valence-corrected chi connectivity index (χ2v) is 9.67. The molecule has 27 heavy (non-hydrogen) atoms. The lowest BCUT2D eigenvalue weighted by Gasteiger charge is -2.20. The van der Waals surface area contributed by atoms with Gasteiger partial charge in [0.25, 0.3) is 0 Å². The monoisotopic (exact) mass is 396 g/mol. The number of hydrogen-bond donors (Lipinski definition) is 0. The maximum Gasteiger partial charge on any atom is 0.379 e. The molecule has 0 amide bonds. The Morgan fingerprint density at radius 3 is 1.93 bits per heavy atom. The van der Waals surface area contributed by atoms with Crippen LogP contribution in [0.3, 0.4) is 0 Å². The van der Waals surface area contributed by atoms with Gasteiger partial charge in [0.2, 0.25) is 0 Å². The van der Waals surface area contributed by atoms with E-state index in [1.807, 2.05) is 31.2 Å². The van der Waals surface area contributed by atoms with Crippen LogP contribution in [0.25, 0.3) is 0 Å². The number of hydrogen-bond acceptors (Lipinski definition) is 3. The zero-order valence-electron chi connectivity index (χ0n) is 17.9. The third-order valence-corrected chi connectivity index (χ3v) is 6.82. The molecule has 1 aromatic rings. The molecule has 1 unspecified atom stereocenters. The highest BCUT2D eigenvalue weighted by Crippen LogP contribution is 2.49. The molecule has 0 heterocycles. The summed E-state index contributed by atoms with van der Waals surface area (Å²) in [5.41, 5.74) is 0.997. The van der Waals surface area contributed by atoms with Crippen LogP contribution in [0.4, 0.5) is 0 Å². The van der Waals surface area contributed by atoms with Gasteiger partial charge in [0.05, 0.1) is 12.8 Å². The lowest BCUT2D eigenvalue weighted by molar-refractivity contribution is 0.256. The van der Waals surface area contributed by atoms with Crippen molar-refractivity contribution in [3.8, 4) is 5.75 Å². The molecule has 156 valence electrons. The molecule has 0 aromatic heterocycles. The van der Waals surface area contributed by atoms with Crippen molar-refractivity contribution in [3.63, 3.8) is 0 Å². The Morgan fingerprint density at radius 1 is 0.778 bits per heavy atom. The van der Waals surface area contributed by atoms with Crippen LogP contribution in [0.15, 0.2) is 24.3 Å². The van der Waals surface area contributed by atoms with Crippen LogP contribution in [0.1, 0.15) is 96.5 Å². The number of rotatable bonds is 17. The summed E-state index contributed by atoms with van der Waals surface area (Å²) in [4.78, 5) is 0. The fourth-order valence-electron chi connectivity index (χ4n) is 3.09. The maximum atomic E-state index is 13.1. The number of aryl methyl sites for hydroxylation is 1. The lowest BCUT2D eigenvalue weighted by atomic mass is 10.1. The minimum Gasteiger partial charge on any atom is -0.424 e. The SMILES string of the molecule is CCCCCCCCCCCCOP(=O)(CCCC)Oc1ccccc1C. The van der Waals surface area contributed by atoms with Crippen LogP contribution < -0.4 is 4.52 Å². The smallest absolute Gasteiger partial charge is 0.379 e. The molecule has 0 radical (unpaired) electrons. The summed E-state index contributed by atoms with van der Waals surface area (Å²) < 4.78 is 24.8. The van der Waals surface area contributed by atoms with Crippen molar-refractivity contribution in [1.29, 1.82) is 0 Å². The third-order valence-electron chi connectivity index (χ3n) is 4.90. The standard InChI is InChI=1S/C23H41O3P/c1-4-6-8-9-10-11-12-13-14-17-20-25-27(24,21-7-5-2)26-23-19-16-15-18-22(23)3/h15-16,18-19H,4-14,17,20-21H2,1-3H3. The van der Waals surface area contributed by atoms with E-state index >= 15 is 0 Å². The quantitative estimate of drug-likeness (QED) is 0.196. The molecule has 1 aromatic carbocycles. The van der Waals surface area contributed by atoms with Gasteiger partial charge in [-0.3, -0.25) is 4.52 Å². The van der Waals surface area contributed by atoms with Crippen molar-refractivity contribution in [2.75, 3.05) is 12.8 Å². The Bertz CT molecular complexity index is 530.